The minimum atomic E-state index is -0.292. The highest BCUT2D eigenvalue weighted by molar-refractivity contribution is 9.10. The molecule has 4 nitrogen and oxygen atoms in total. The highest BCUT2D eigenvalue weighted by Gasteiger charge is 2.36. The zero-order chi connectivity index (χ0) is 18.2. The molecule has 0 aliphatic carbocycles. The molecule has 2 aromatic rings. The van der Waals surface area contributed by atoms with E-state index in [9.17, 15) is 0 Å². The predicted octanol–water partition coefficient (Wildman–Crippen LogP) is 5.32. The standard InChI is InChI=1S/C19H24BrN3OS/c1-12-9-16(23(11-12)18(25)24-19(2,3)4)17-21-10-15(22-17)13-5-7-14(20)8-6-13/h5-8,10,12,16H,9,11H2,1-4H3,(H,21,22)/t12-,16-/m0/s1. The molecule has 1 aliphatic rings. The number of rotatable bonds is 2. The van der Waals surface area contributed by atoms with Crippen LogP contribution in [0.25, 0.3) is 11.3 Å². The maximum atomic E-state index is 5.94. The van der Waals surface area contributed by atoms with Crippen LogP contribution in [0.15, 0.2) is 34.9 Å². The van der Waals surface area contributed by atoms with Gasteiger partial charge in [-0.1, -0.05) is 35.0 Å². The van der Waals surface area contributed by atoms with Gasteiger partial charge in [-0.3, -0.25) is 0 Å². The average Bonchev–Trinajstić information content (AvgIpc) is 3.12. The quantitative estimate of drug-likeness (QED) is 0.665. The fourth-order valence-corrected chi connectivity index (χ4v) is 3.83. The Bertz CT molecular complexity index is 751. The van der Waals surface area contributed by atoms with E-state index in [4.69, 9.17) is 17.0 Å². The number of H-pyrrole nitrogens is 1. The van der Waals surface area contributed by atoms with Crippen LogP contribution < -0.4 is 0 Å². The average molecular weight is 422 g/mol. The van der Waals surface area contributed by atoms with E-state index in [1.807, 2.05) is 39.1 Å². The van der Waals surface area contributed by atoms with Crippen LogP contribution in [0.5, 0.6) is 0 Å². The molecule has 1 N–H and O–H groups in total. The van der Waals surface area contributed by atoms with Gasteiger partial charge in [0.25, 0.3) is 5.17 Å². The van der Waals surface area contributed by atoms with Gasteiger partial charge in [0.05, 0.1) is 17.9 Å². The molecule has 0 spiro atoms. The molecule has 0 bridgehead atoms. The van der Waals surface area contributed by atoms with Crippen molar-refractivity contribution in [2.75, 3.05) is 6.54 Å². The molecule has 1 aliphatic heterocycles. The van der Waals surface area contributed by atoms with Gasteiger partial charge in [-0.15, -0.1) is 0 Å². The lowest BCUT2D eigenvalue weighted by molar-refractivity contribution is 0.0905. The van der Waals surface area contributed by atoms with Gasteiger partial charge in [0, 0.05) is 11.0 Å². The molecule has 1 aromatic heterocycles. The van der Waals surface area contributed by atoms with Crippen LogP contribution in [-0.4, -0.2) is 32.2 Å². The maximum absolute atomic E-state index is 5.94. The number of hydrogen-bond acceptors (Lipinski definition) is 3. The van der Waals surface area contributed by atoms with E-state index >= 15 is 0 Å². The molecular weight excluding hydrogens is 398 g/mol. The van der Waals surface area contributed by atoms with Crippen LogP contribution in [0, 0.1) is 5.92 Å². The van der Waals surface area contributed by atoms with Crippen molar-refractivity contribution in [3.05, 3.63) is 40.8 Å². The summed E-state index contributed by atoms with van der Waals surface area (Å²) in [5.74, 6) is 1.50. The minimum Gasteiger partial charge on any atom is -0.465 e. The van der Waals surface area contributed by atoms with Gasteiger partial charge in [-0.25, -0.2) is 4.98 Å². The van der Waals surface area contributed by atoms with E-state index in [0.717, 1.165) is 34.5 Å². The monoisotopic (exact) mass is 421 g/mol. The molecule has 1 saturated heterocycles. The van der Waals surface area contributed by atoms with E-state index in [1.54, 1.807) is 0 Å². The molecule has 25 heavy (non-hydrogen) atoms. The number of imidazole rings is 1. The second-order valence-corrected chi connectivity index (χ2v) is 8.94. The van der Waals surface area contributed by atoms with Crippen LogP contribution in [0.1, 0.15) is 46.0 Å². The number of thiocarbonyl (C=S) groups is 1. The summed E-state index contributed by atoms with van der Waals surface area (Å²) in [5, 5.41) is 0.559. The molecule has 3 rings (SSSR count). The lowest BCUT2D eigenvalue weighted by atomic mass is 10.1. The topological polar surface area (TPSA) is 41.2 Å². The number of halogens is 1. The van der Waals surface area contributed by atoms with Crippen molar-refractivity contribution in [3.63, 3.8) is 0 Å². The smallest absolute Gasteiger partial charge is 0.260 e. The summed E-state index contributed by atoms with van der Waals surface area (Å²) >= 11 is 9.03. The number of aromatic nitrogens is 2. The normalized spacial score (nSPS) is 20.8. The van der Waals surface area contributed by atoms with Crippen LogP contribution in [-0.2, 0) is 4.74 Å². The van der Waals surface area contributed by atoms with Crippen molar-refractivity contribution in [2.24, 2.45) is 5.92 Å². The maximum Gasteiger partial charge on any atom is 0.260 e. The van der Waals surface area contributed by atoms with Gasteiger partial charge in [0.15, 0.2) is 0 Å². The summed E-state index contributed by atoms with van der Waals surface area (Å²) in [6, 6.07) is 8.35. The van der Waals surface area contributed by atoms with Crippen molar-refractivity contribution >= 4 is 33.3 Å². The van der Waals surface area contributed by atoms with Crippen molar-refractivity contribution in [1.82, 2.24) is 14.9 Å². The zero-order valence-corrected chi connectivity index (χ0v) is 17.4. The number of benzene rings is 1. The molecule has 1 fully saturated rings. The second-order valence-electron chi connectivity index (χ2n) is 7.68. The first-order chi connectivity index (χ1) is 11.7. The minimum absolute atomic E-state index is 0.133. The summed E-state index contributed by atoms with van der Waals surface area (Å²) in [5.41, 5.74) is 1.84. The van der Waals surface area contributed by atoms with Crippen molar-refractivity contribution < 1.29 is 4.74 Å². The molecule has 0 unspecified atom stereocenters. The van der Waals surface area contributed by atoms with Crippen LogP contribution >= 0.6 is 28.1 Å². The fraction of sp³-hybridized carbons (Fsp3) is 0.474. The molecular formula is C19H24BrN3OS. The summed E-state index contributed by atoms with van der Waals surface area (Å²) in [6.45, 7) is 9.20. The highest BCUT2D eigenvalue weighted by atomic mass is 79.9. The lowest BCUT2D eigenvalue weighted by Gasteiger charge is -2.30. The summed E-state index contributed by atoms with van der Waals surface area (Å²) < 4.78 is 7.00. The first-order valence-corrected chi connectivity index (χ1v) is 9.73. The Labute approximate surface area is 163 Å². The molecule has 1 aromatic carbocycles. The summed E-state index contributed by atoms with van der Waals surface area (Å²) in [6.07, 6.45) is 2.91. The second kappa shape index (κ2) is 7.08. The van der Waals surface area contributed by atoms with Gasteiger partial charge in [-0.2, -0.15) is 0 Å². The Morgan fingerprint density at radius 3 is 2.64 bits per heavy atom. The first kappa shape index (κ1) is 18.4. The number of likely N-dealkylation sites (tertiary alicyclic amines) is 1. The van der Waals surface area contributed by atoms with Crippen molar-refractivity contribution in [2.45, 2.75) is 45.8 Å². The molecule has 6 heteroatoms. The highest BCUT2D eigenvalue weighted by Crippen LogP contribution is 2.36. The number of hydrogen-bond donors (Lipinski definition) is 1. The largest absolute Gasteiger partial charge is 0.465 e. The Morgan fingerprint density at radius 1 is 1.32 bits per heavy atom. The van der Waals surface area contributed by atoms with E-state index in [2.05, 4.69) is 49.9 Å². The van der Waals surface area contributed by atoms with E-state index in [0.29, 0.717) is 11.1 Å². The lowest BCUT2D eigenvalue weighted by Crippen LogP contribution is -2.36. The molecule has 0 amide bonds. The molecule has 0 radical (unpaired) electrons. The fourth-order valence-electron chi connectivity index (χ4n) is 3.11. The van der Waals surface area contributed by atoms with Gasteiger partial charge in [-0.05, 0) is 63.0 Å². The van der Waals surface area contributed by atoms with Crippen molar-refractivity contribution in [3.8, 4) is 11.3 Å². The number of aromatic amines is 1. The van der Waals surface area contributed by atoms with Gasteiger partial charge in [0.2, 0.25) is 0 Å². The Morgan fingerprint density at radius 2 is 2.00 bits per heavy atom. The Hall–Kier alpha value is -1.40. The first-order valence-electron chi connectivity index (χ1n) is 8.53. The van der Waals surface area contributed by atoms with Crippen LogP contribution in [0.3, 0.4) is 0 Å². The third-order valence-corrected chi connectivity index (χ3v) is 5.05. The zero-order valence-electron chi connectivity index (χ0n) is 15.0. The number of ether oxygens (including phenoxy) is 1. The van der Waals surface area contributed by atoms with Crippen LogP contribution in [0.4, 0.5) is 0 Å². The third kappa shape index (κ3) is 4.42. The molecule has 134 valence electrons. The molecule has 2 atom stereocenters. The van der Waals surface area contributed by atoms with Crippen molar-refractivity contribution in [1.29, 1.82) is 0 Å². The van der Waals surface area contributed by atoms with Gasteiger partial charge >= 0.3 is 0 Å². The Balaban J connectivity index is 1.82. The number of nitrogens with zero attached hydrogens (tertiary/aromatic N) is 2. The van der Waals surface area contributed by atoms with Gasteiger partial charge in [0.1, 0.15) is 11.4 Å². The molecule has 2 heterocycles. The molecule has 0 saturated carbocycles. The summed E-state index contributed by atoms with van der Waals surface area (Å²) in [4.78, 5) is 10.3. The van der Waals surface area contributed by atoms with E-state index in [-0.39, 0.29) is 11.6 Å². The third-order valence-electron chi connectivity index (χ3n) is 4.20. The SMILES string of the molecule is C[C@H]1C[C@@H](c2ncc(-c3ccc(Br)cc3)[nH]2)N(C(=S)OC(C)(C)C)C1. The number of nitrogens with one attached hydrogen (secondary N) is 1. The predicted molar refractivity (Wildman–Crippen MR) is 108 cm³/mol. The Kier molecular flexibility index (Phi) is 5.21. The van der Waals surface area contributed by atoms with E-state index in [1.165, 1.54) is 0 Å². The van der Waals surface area contributed by atoms with Gasteiger partial charge < -0.3 is 14.6 Å². The van der Waals surface area contributed by atoms with Crippen LogP contribution in [0.2, 0.25) is 0 Å². The summed E-state index contributed by atoms with van der Waals surface area (Å²) in [7, 11) is 0. The van der Waals surface area contributed by atoms with E-state index < -0.39 is 0 Å².